The first-order valence-electron chi connectivity index (χ1n) is 5.91. The van der Waals surface area contributed by atoms with E-state index in [4.69, 9.17) is 0 Å². The Morgan fingerprint density at radius 2 is 2.06 bits per heavy atom. The predicted octanol–water partition coefficient (Wildman–Crippen LogP) is 0.570. The summed E-state index contributed by atoms with van der Waals surface area (Å²) in [4.78, 5) is 16.0. The molecule has 1 aliphatic rings. The molecule has 96 valence electrons. The Hall–Kier alpha value is -0.320. The minimum atomic E-state index is 0. The summed E-state index contributed by atoms with van der Waals surface area (Å²) in [6, 6.07) is 0.471. The van der Waals surface area contributed by atoms with E-state index in [0.29, 0.717) is 12.6 Å². The maximum atomic E-state index is 11.9. The van der Waals surface area contributed by atoms with Crippen LogP contribution in [0.5, 0.6) is 0 Å². The molecule has 1 N–H and O–H groups in total. The fraction of sp³-hybridized carbons (Fsp3) is 0.909. The van der Waals surface area contributed by atoms with Crippen LogP contribution >= 0.6 is 12.4 Å². The molecule has 1 rings (SSSR count). The second-order valence-corrected chi connectivity index (χ2v) is 4.09. The summed E-state index contributed by atoms with van der Waals surface area (Å²) in [6.07, 6.45) is 0. The van der Waals surface area contributed by atoms with E-state index in [1.807, 2.05) is 18.7 Å². The van der Waals surface area contributed by atoms with E-state index in [1.54, 1.807) is 0 Å². The Kier molecular flexibility index (Phi) is 7.72. The summed E-state index contributed by atoms with van der Waals surface area (Å²) < 4.78 is 0. The van der Waals surface area contributed by atoms with Crippen molar-refractivity contribution in [2.75, 3.05) is 39.3 Å². The van der Waals surface area contributed by atoms with Crippen molar-refractivity contribution in [3.8, 4) is 0 Å². The number of likely N-dealkylation sites (N-methyl/N-ethyl adjacent to an activating group) is 1. The predicted molar refractivity (Wildman–Crippen MR) is 69.1 cm³/mol. The van der Waals surface area contributed by atoms with Gasteiger partial charge in [0, 0.05) is 38.8 Å². The first-order chi connectivity index (χ1) is 7.19. The molecule has 1 amide bonds. The van der Waals surface area contributed by atoms with E-state index in [2.05, 4.69) is 17.1 Å². The highest BCUT2D eigenvalue weighted by molar-refractivity contribution is 5.85. The Morgan fingerprint density at radius 1 is 1.44 bits per heavy atom. The van der Waals surface area contributed by atoms with Crippen LogP contribution in [0, 0.1) is 0 Å². The number of carbonyl (C=O) groups excluding carboxylic acids is 1. The van der Waals surface area contributed by atoms with Crippen LogP contribution in [0.25, 0.3) is 0 Å². The van der Waals surface area contributed by atoms with Crippen LogP contribution in [0.4, 0.5) is 0 Å². The SMILES string of the molecule is CCN(CC)C(=O)CN1CCNC[C@H]1C.Cl. The molecule has 1 fully saturated rings. The Balaban J connectivity index is 0.00000225. The second kappa shape index (κ2) is 7.87. The van der Waals surface area contributed by atoms with E-state index < -0.39 is 0 Å². The van der Waals surface area contributed by atoms with Gasteiger partial charge < -0.3 is 10.2 Å². The van der Waals surface area contributed by atoms with E-state index in [-0.39, 0.29) is 18.3 Å². The third-order valence-electron chi connectivity index (χ3n) is 3.09. The monoisotopic (exact) mass is 249 g/mol. The molecule has 1 aliphatic heterocycles. The average molecular weight is 250 g/mol. The molecule has 4 nitrogen and oxygen atoms in total. The van der Waals surface area contributed by atoms with E-state index in [1.165, 1.54) is 0 Å². The third-order valence-corrected chi connectivity index (χ3v) is 3.09. The normalized spacial score (nSPS) is 21.3. The van der Waals surface area contributed by atoms with Crippen molar-refractivity contribution in [2.24, 2.45) is 0 Å². The lowest BCUT2D eigenvalue weighted by molar-refractivity contribution is -0.132. The number of hydrogen-bond acceptors (Lipinski definition) is 3. The topological polar surface area (TPSA) is 35.6 Å². The van der Waals surface area contributed by atoms with Gasteiger partial charge in [-0.15, -0.1) is 12.4 Å². The molecule has 16 heavy (non-hydrogen) atoms. The highest BCUT2D eigenvalue weighted by atomic mass is 35.5. The Bertz CT molecular complexity index is 209. The van der Waals surface area contributed by atoms with Gasteiger partial charge in [0.1, 0.15) is 0 Å². The van der Waals surface area contributed by atoms with Crippen LogP contribution in [0.15, 0.2) is 0 Å². The molecule has 1 atom stereocenters. The number of rotatable bonds is 4. The van der Waals surface area contributed by atoms with Gasteiger partial charge in [-0.25, -0.2) is 0 Å². The molecule has 1 saturated heterocycles. The van der Waals surface area contributed by atoms with Crippen molar-refractivity contribution >= 4 is 18.3 Å². The number of carbonyl (C=O) groups is 1. The number of hydrogen-bond donors (Lipinski definition) is 1. The zero-order valence-corrected chi connectivity index (χ0v) is 11.3. The van der Waals surface area contributed by atoms with Crippen molar-refractivity contribution in [2.45, 2.75) is 26.8 Å². The summed E-state index contributed by atoms with van der Waals surface area (Å²) >= 11 is 0. The maximum absolute atomic E-state index is 11.9. The van der Waals surface area contributed by atoms with Crippen LogP contribution in [0.3, 0.4) is 0 Å². The molecule has 0 aliphatic carbocycles. The molecular formula is C11H24ClN3O. The fourth-order valence-electron chi connectivity index (χ4n) is 1.97. The summed E-state index contributed by atoms with van der Waals surface area (Å²) in [5.41, 5.74) is 0. The molecular weight excluding hydrogens is 226 g/mol. The van der Waals surface area contributed by atoms with Gasteiger partial charge in [-0.05, 0) is 20.8 Å². The maximum Gasteiger partial charge on any atom is 0.236 e. The first-order valence-corrected chi connectivity index (χ1v) is 5.91. The summed E-state index contributed by atoms with van der Waals surface area (Å²) in [5.74, 6) is 0.258. The zero-order chi connectivity index (χ0) is 11.3. The van der Waals surface area contributed by atoms with Gasteiger partial charge in [0.05, 0.1) is 6.54 Å². The minimum absolute atomic E-state index is 0. The molecule has 0 radical (unpaired) electrons. The minimum Gasteiger partial charge on any atom is -0.342 e. The molecule has 0 spiro atoms. The van der Waals surface area contributed by atoms with Crippen LogP contribution < -0.4 is 5.32 Å². The summed E-state index contributed by atoms with van der Waals surface area (Å²) in [5, 5.41) is 3.33. The molecule has 0 aromatic heterocycles. The van der Waals surface area contributed by atoms with Gasteiger partial charge in [-0.2, -0.15) is 0 Å². The van der Waals surface area contributed by atoms with E-state index in [0.717, 1.165) is 32.7 Å². The van der Waals surface area contributed by atoms with Crippen molar-refractivity contribution < 1.29 is 4.79 Å². The Labute approximate surface area is 105 Å². The van der Waals surface area contributed by atoms with Crippen molar-refractivity contribution in [3.63, 3.8) is 0 Å². The standard InChI is InChI=1S/C11H23N3O.ClH/c1-4-13(5-2)11(15)9-14-7-6-12-8-10(14)3;/h10,12H,4-9H2,1-3H3;1H/t10-;/m1./s1. The lowest BCUT2D eigenvalue weighted by Gasteiger charge is -2.34. The van der Waals surface area contributed by atoms with Crippen LogP contribution in [0.1, 0.15) is 20.8 Å². The number of nitrogens with zero attached hydrogens (tertiary/aromatic N) is 2. The van der Waals surface area contributed by atoms with Gasteiger partial charge in [0.15, 0.2) is 0 Å². The van der Waals surface area contributed by atoms with Crippen LogP contribution in [0.2, 0.25) is 0 Å². The van der Waals surface area contributed by atoms with Crippen molar-refractivity contribution in [1.29, 1.82) is 0 Å². The lowest BCUT2D eigenvalue weighted by atomic mass is 10.2. The number of nitrogens with one attached hydrogen (secondary N) is 1. The largest absolute Gasteiger partial charge is 0.342 e. The van der Waals surface area contributed by atoms with Gasteiger partial charge in [-0.3, -0.25) is 9.69 Å². The average Bonchev–Trinajstić information content (AvgIpc) is 2.23. The zero-order valence-electron chi connectivity index (χ0n) is 10.5. The number of amides is 1. The quantitative estimate of drug-likeness (QED) is 0.792. The number of piperazine rings is 1. The Morgan fingerprint density at radius 3 is 2.56 bits per heavy atom. The third kappa shape index (κ3) is 4.28. The molecule has 0 aromatic rings. The number of halogens is 1. The van der Waals surface area contributed by atoms with Gasteiger partial charge in [0.2, 0.25) is 5.91 Å². The van der Waals surface area contributed by atoms with Gasteiger partial charge >= 0.3 is 0 Å². The molecule has 0 unspecified atom stereocenters. The smallest absolute Gasteiger partial charge is 0.236 e. The lowest BCUT2D eigenvalue weighted by Crippen LogP contribution is -2.53. The van der Waals surface area contributed by atoms with Crippen LogP contribution in [-0.2, 0) is 4.79 Å². The highest BCUT2D eigenvalue weighted by Gasteiger charge is 2.21. The fourth-order valence-corrected chi connectivity index (χ4v) is 1.97. The van der Waals surface area contributed by atoms with E-state index in [9.17, 15) is 4.79 Å². The molecule has 0 saturated carbocycles. The van der Waals surface area contributed by atoms with E-state index >= 15 is 0 Å². The molecule has 0 aromatic carbocycles. The summed E-state index contributed by atoms with van der Waals surface area (Å²) in [7, 11) is 0. The van der Waals surface area contributed by atoms with Gasteiger partial charge in [-0.1, -0.05) is 0 Å². The van der Waals surface area contributed by atoms with Crippen molar-refractivity contribution in [3.05, 3.63) is 0 Å². The molecule has 5 heteroatoms. The van der Waals surface area contributed by atoms with Gasteiger partial charge in [0.25, 0.3) is 0 Å². The van der Waals surface area contributed by atoms with Crippen molar-refractivity contribution in [1.82, 2.24) is 15.1 Å². The molecule has 1 heterocycles. The second-order valence-electron chi connectivity index (χ2n) is 4.09. The molecule has 0 bridgehead atoms. The van der Waals surface area contributed by atoms with Crippen LogP contribution in [-0.4, -0.2) is 61.0 Å². The highest BCUT2D eigenvalue weighted by Crippen LogP contribution is 2.03. The summed E-state index contributed by atoms with van der Waals surface area (Å²) in [6.45, 7) is 11.4. The first kappa shape index (κ1) is 15.7.